The van der Waals surface area contributed by atoms with Crippen LogP contribution in [0, 0.1) is 0 Å². The number of rotatable bonds is 5. The molecule has 0 aromatic heterocycles. The van der Waals surface area contributed by atoms with Crippen LogP contribution in [0.3, 0.4) is 0 Å². The number of Topliss-reactive ketones (excluding diaryl/α,β-unsaturated/α-hetero) is 1. The van der Waals surface area contributed by atoms with Gasteiger partial charge in [0, 0.05) is 0 Å². The molecule has 2 N–H and O–H groups in total. The lowest BCUT2D eigenvalue weighted by molar-refractivity contribution is -0.137. The molecule has 1 rings (SSSR count). The summed E-state index contributed by atoms with van der Waals surface area (Å²) in [6, 6.07) is 6.81. The van der Waals surface area contributed by atoms with Crippen LogP contribution in [0.5, 0.6) is 5.75 Å². The highest BCUT2D eigenvalue weighted by Crippen LogP contribution is 2.13. The third-order valence-corrected chi connectivity index (χ3v) is 1.92. The molecule has 16 heavy (non-hydrogen) atoms. The van der Waals surface area contributed by atoms with Crippen molar-refractivity contribution in [3.63, 3.8) is 0 Å². The third kappa shape index (κ3) is 3.67. The smallest absolute Gasteiger partial charge is 0.318 e. The van der Waals surface area contributed by atoms with E-state index in [9.17, 15) is 9.59 Å². The molecule has 0 aliphatic rings. The highest BCUT2D eigenvalue weighted by Gasteiger charge is 2.09. The Morgan fingerprint density at radius 3 is 2.44 bits per heavy atom. The van der Waals surface area contributed by atoms with E-state index < -0.39 is 5.97 Å². The van der Waals surface area contributed by atoms with E-state index in [0.717, 1.165) is 5.56 Å². The minimum absolute atomic E-state index is 0.148. The molecule has 0 amide bonds. The molecule has 0 aliphatic carbocycles. The fourth-order valence-electron chi connectivity index (χ4n) is 1.07. The van der Waals surface area contributed by atoms with Crippen molar-refractivity contribution in [3.8, 4) is 5.75 Å². The maximum absolute atomic E-state index is 11.2. The van der Waals surface area contributed by atoms with Crippen LogP contribution >= 0.6 is 0 Å². The van der Waals surface area contributed by atoms with Gasteiger partial charge >= 0.3 is 5.97 Å². The Morgan fingerprint density at radius 1 is 1.31 bits per heavy atom. The van der Waals surface area contributed by atoms with Crippen LogP contribution in [0.4, 0.5) is 0 Å². The summed E-state index contributed by atoms with van der Waals surface area (Å²) in [7, 11) is 0. The lowest BCUT2D eigenvalue weighted by Gasteiger charge is -2.03. The van der Waals surface area contributed by atoms with Crippen molar-refractivity contribution in [2.24, 2.45) is 5.73 Å². The van der Waals surface area contributed by atoms with Gasteiger partial charge in [0.1, 0.15) is 12.2 Å². The van der Waals surface area contributed by atoms with E-state index in [1.54, 1.807) is 30.3 Å². The first-order valence-electron chi connectivity index (χ1n) is 4.80. The molecule has 84 valence electrons. The monoisotopic (exact) mass is 219 g/mol. The fourth-order valence-corrected chi connectivity index (χ4v) is 1.07. The minimum atomic E-state index is -0.596. The second-order valence-corrected chi connectivity index (χ2v) is 3.17. The lowest BCUT2D eigenvalue weighted by atomic mass is 10.2. The van der Waals surface area contributed by atoms with E-state index in [1.165, 1.54) is 0 Å². The average Bonchev–Trinajstić information content (AvgIpc) is 2.29. The number of esters is 1. The first kappa shape index (κ1) is 12.1. The summed E-state index contributed by atoms with van der Waals surface area (Å²) < 4.78 is 4.94. The van der Waals surface area contributed by atoms with Gasteiger partial charge in [-0.2, -0.15) is 0 Å². The molecule has 0 atom stereocenters. The maximum atomic E-state index is 11.2. The Balaban J connectivity index is 2.56. The van der Waals surface area contributed by atoms with E-state index >= 15 is 0 Å². The van der Waals surface area contributed by atoms with Crippen molar-refractivity contribution in [1.29, 1.82) is 0 Å². The molecule has 4 heteroatoms. The molecule has 0 fully saturated rings. The van der Waals surface area contributed by atoms with Crippen molar-refractivity contribution in [3.05, 3.63) is 36.4 Å². The van der Waals surface area contributed by atoms with Gasteiger partial charge in [-0.05, 0) is 17.7 Å². The van der Waals surface area contributed by atoms with Crippen molar-refractivity contribution < 1.29 is 14.3 Å². The normalized spacial score (nSPS) is 9.56. The van der Waals surface area contributed by atoms with E-state index in [1.807, 2.05) is 0 Å². The van der Waals surface area contributed by atoms with Gasteiger partial charge in [-0.15, -0.1) is 0 Å². The number of hydrogen-bond acceptors (Lipinski definition) is 4. The quantitative estimate of drug-likeness (QED) is 0.458. The van der Waals surface area contributed by atoms with Gasteiger partial charge in [0.25, 0.3) is 0 Å². The molecule has 1 aromatic rings. The van der Waals surface area contributed by atoms with Crippen molar-refractivity contribution in [2.45, 2.75) is 6.42 Å². The van der Waals surface area contributed by atoms with Gasteiger partial charge in [-0.25, -0.2) is 0 Å². The molecule has 0 saturated heterocycles. The number of ether oxygens (including phenoxy) is 1. The van der Waals surface area contributed by atoms with E-state index in [4.69, 9.17) is 10.5 Å². The molecule has 0 unspecified atom stereocenters. The summed E-state index contributed by atoms with van der Waals surface area (Å²) in [5.41, 5.74) is 6.01. The number of carbonyl (C=O) groups excluding carboxylic acids is 2. The average molecular weight is 219 g/mol. The maximum Gasteiger partial charge on any atom is 0.318 e. The predicted molar refractivity (Wildman–Crippen MR) is 60.8 cm³/mol. The third-order valence-electron chi connectivity index (χ3n) is 1.92. The minimum Gasteiger partial charge on any atom is -0.426 e. The highest BCUT2D eigenvalue weighted by atomic mass is 16.5. The zero-order valence-corrected chi connectivity index (χ0v) is 8.81. The Bertz CT molecular complexity index is 395. The molecule has 4 nitrogen and oxygen atoms in total. The topological polar surface area (TPSA) is 69.4 Å². The largest absolute Gasteiger partial charge is 0.426 e. The molecular formula is C12H13NO3. The molecule has 0 aliphatic heterocycles. The Labute approximate surface area is 93.7 Å². The molecule has 0 spiro atoms. The second kappa shape index (κ2) is 5.82. The van der Waals surface area contributed by atoms with Crippen molar-refractivity contribution in [2.75, 3.05) is 6.54 Å². The van der Waals surface area contributed by atoms with Crippen LogP contribution < -0.4 is 10.5 Å². The van der Waals surface area contributed by atoms with Crippen LogP contribution in [0.1, 0.15) is 12.0 Å². The predicted octanol–water partition coefficient (Wildman–Crippen LogP) is 1.15. The van der Waals surface area contributed by atoms with Gasteiger partial charge < -0.3 is 10.5 Å². The highest BCUT2D eigenvalue weighted by molar-refractivity contribution is 5.97. The summed E-state index contributed by atoms with van der Waals surface area (Å²) in [6.45, 7) is 3.46. The van der Waals surface area contributed by atoms with Gasteiger partial charge in [0.15, 0.2) is 5.78 Å². The number of benzene rings is 1. The Morgan fingerprint density at radius 2 is 1.94 bits per heavy atom. The molecule has 0 heterocycles. The van der Waals surface area contributed by atoms with Crippen LogP contribution in [0.15, 0.2) is 30.8 Å². The molecule has 0 saturated carbocycles. The van der Waals surface area contributed by atoms with Gasteiger partial charge in [-0.3, -0.25) is 9.59 Å². The summed E-state index contributed by atoms with van der Waals surface area (Å²) in [6.07, 6.45) is 1.39. The van der Waals surface area contributed by atoms with Crippen LogP contribution in [0.25, 0.3) is 6.08 Å². The number of nitrogens with two attached hydrogens (primary N) is 1. The summed E-state index contributed by atoms with van der Waals surface area (Å²) in [5.74, 6) is -0.532. The first-order valence-corrected chi connectivity index (χ1v) is 4.80. The van der Waals surface area contributed by atoms with Gasteiger partial charge in [-0.1, -0.05) is 24.8 Å². The van der Waals surface area contributed by atoms with E-state index in [-0.39, 0.29) is 18.7 Å². The summed E-state index contributed by atoms with van der Waals surface area (Å²) in [4.78, 5) is 22.1. The Hall–Kier alpha value is -1.94. The second-order valence-electron chi connectivity index (χ2n) is 3.17. The first-order chi connectivity index (χ1) is 7.65. The van der Waals surface area contributed by atoms with E-state index in [0.29, 0.717) is 5.75 Å². The van der Waals surface area contributed by atoms with Crippen LogP contribution in [0.2, 0.25) is 0 Å². The Kier molecular flexibility index (Phi) is 4.42. The zero-order valence-electron chi connectivity index (χ0n) is 8.81. The van der Waals surface area contributed by atoms with Crippen LogP contribution in [-0.4, -0.2) is 18.3 Å². The number of hydrogen-bond donors (Lipinski definition) is 1. The fraction of sp³-hybridized carbons (Fsp3) is 0.167. The van der Waals surface area contributed by atoms with Gasteiger partial charge in [0.05, 0.1) is 6.54 Å². The zero-order chi connectivity index (χ0) is 12.0. The summed E-state index contributed by atoms with van der Waals surface area (Å²) >= 11 is 0. The molecular weight excluding hydrogens is 206 g/mol. The molecule has 0 radical (unpaired) electrons. The van der Waals surface area contributed by atoms with E-state index in [2.05, 4.69) is 6.58 Å². The SMILES string of the molecule is C=Cc1ccc(OC(=O)CC(=O)CN)cc1. The summed E-state index contributed by atoms with van der Waals surface area (Å²) in [5, 5.41) is 0. The van der Waals surface area contributed by atoms with Crippen molar-refractivity contribution in [1.82, 2.24) is 0 Å². The number of ketones is 1. The van der Waals surface area contributed by atoms with Crippen LogP contribution in [-0.2, 0) is 9.59 Å². The van der Waals surface area contributed by atoms with Gasteiger partial charge in [0.2, 0.25) is 0 Å². The molecule has 1 aromatic carbocycles. The molecule has 0 bridgehead atoms. The number of carbonyl (C=O) groups is 2. The standard InChI is InChI=1S/C12H13NO3/c1-2-9-3-5-11(6-4-9)16-12(15)7-10(14)8-13/h2-6H,1,7-8,13H2. The lowest BCUT2D eigenvalue weighted by Crippen LogP contribution is -2.20. The van der Waals surface area contributed by atoms with Crippen molar-refractivity contribution >= 4 is 17.8 Å².